The predicted molar refractivity (Wildman–Crippen MR) is 169 cm³/mol. The zero-order valence-corrected chi connectivity index (χ0v) is 26.2. The minimum absolute atomic E-state index is 0.000102. The lowest BCUT2D eigenvalue weighted by Gasteiger charge is -2.32. The van der Waals surface area contributed by atoms with Crippen LogP contribution in [-0.2, 0) is 11.3 Å². The van der Waals surface area contributed by atoms with Gasteiger partial charge in [-0.1, -0.05) is 53.5 Å². The van der Waals surface area contributed by atoms with E-state index in [1.54, 1.807) is 0 Å². The third-order valence-electron chi connectivity index (χ3n) is 9.51. The third-order valence-corrected chi connectivity index (χ3v) is 10.1. The molecule has 1 amide bonds. The topological polar surface area (TPSA) is 50.8 Å². The van der Waals surface area contributed by atoms with Crippen molar-refractivity contribution in [2.75, 3.05) is 26.3 Å². The maximum atomic E-state index is 14.4. The van der Waals surface area contributed by atoms with E-state index in [1.165, 1.54) is 22.3 Å². The Morgan fingerprint density at radius 3 is 2.38 bits per heavy atom. The highest BCUT2D eigenvalue weighted by Crippen LogP contribution is 2.50. The molecule has 0 unspecified atom stereocenters. The number of benzene rings is 3. The van der Waals surface area contributed by atoms with Gasteiger partial charge in [0.2, 0.25) is 5.91 Å². The summed E-state index contributed by atoms with van der Waals surface area (Å²) in [6, 6.07) is 18.8. The van der Waals surface area contributed by atoms with Crippen molar-refractivity contribution in [3.63, 3.8) is 0 Å². The van der Waals surface area contributed by atoms with Gasteiger partial charge >= 0.3 is 0 Å². The summed E-state index contributed by atoms with van der Waals surface area (Å²) in [4.78, 5) is 16.6. The number of hydrogen-bond acceptors (Lipinski definition) is 4. The number of carbonyl (C=O) groups is 1. The summed E-state index contributed by atoms with van der Waals surface area (Å²) in [6.07, 6.45) is 3.26. The van der Waals surface area contributed by atoms with Gasteiger partial charge in [-0.25, -0.2) is 0 Å². The van der Waals surface area contributed by atoms with Crippen LogP contribution in [0.2, 0.25) is 10.0 Å². The van der Waals surface area contributed by atoms with Crippen LogP contribution in [0, 0.1) is 38.5 Å². The van der Waals surface area contributed by atoms with Crippen molar-refractivity contribution in [3.8, 4) is 11.5 Å². The second kappa shape index (κ2) is 12.5. The molecule has 1 heterocycles. The van der Waals surface area contributed by atoms with Crippen molar-refractivity contribution in [2.45, 2.75) is 58.5 Å². The van der Waals surface area contributed by atoms with Gasteiger partial charge in [0.05, 0.1) is 10.0 Å². The molecule has 3 aromatic rings. The number of rotatable bonds is 10. The van der Waals surface area contributed by atoms with Gasteiger partial charge < -0.3 is 19.7 Å². The minimum atomic E-state index is -0.000102. The van der Waals surface area contributed by atoms with Crippen LogP contribution in [-0.4, -0.2) is 43.2 Å². The third kappa shape index (κ3) is 6.15. The number of nitrogens with one attached hydrogen (secondary N) is 1. The molecule has 2 saturated carbocycles. The fourth-order valence-corrected chi connectivity index (χ4v) is 7.68. The van der Waals surface area contributed by atoms with Gasteiger partial charge in [-0.05, 0) is 123 Å². The molecule has 6 rings (SSSR count). The Bertz CT molecular complexity index is 1420. The summed E-state index contributed by atoms with van der Waals surface area (Å²) in [6.45, 7) is 9.61. The van der Waals surface area contributed by atoms with E-state index in [1.807, 2.05) is 31.2 Å². The van der Waals surface area contributed by atoms with Crippen molar-refractivity contribution >= 4 is 29.1 Å². The quantitative estimate of drug-likeness (QED) is 0.243. The monoisotopic (exact) mass is 606 g/mol. The first-order valence-electron chi connectivity index (χ1n) is 15.2. The SMILES string of the molecule is Cc1cc(Cl)c(OCCOc2ccc([C@H]3C[C@H]4CNC[C@H]4[C@H]3C(=O)N(Cc3cccc(C)c3C)C3CC3)cc2)c(Cl)c1. The molecular formula is C35H40Cl2N2O3. The summed E-state index contributed by atoms with van der Waals surface area (Å²) in [7, 11) is 0. The van der Waals surface area contributed by atoms with Gasteiger partial charge in [-0.3, -0.25) is 4.79 Å². The summed E-state index contributed by atoms with van der Waals surface area (Å²) < 4.78 is 11.8. The molecule has 0 radical (unpaired) electrons. The number of amides is 1. The molecule has 1 saturated heterocycles. The number of carbonyl (C=O) groups excluding carboxylic acids is 1. The second-order valence-electron chi connectivity index (χ2n) is 12.3. The van der Waals surface area contributed by atoms with Gasteiger partial charge in [0.1, 0.15) is 19.0 Å². The summed E-state index contributed by atoms with van der Waals surface area (Å²) >= 11 is 12.6. The Hall–Kier alpha value is -2.73. The van der Waals surface area contributed by atoms with Gasteiger partial charge in [-0.15, -0.1) is 0 Å². The van der Waals surface area contributed by atoms with Crippen LogP contribution in [0.5, 0.6) is 11.5 Å². The molecule has 0 spiro atoms. The summed E-state index contributed by atoms with van der Waals surface area (Å²) in [5.74, 6) is 2.75. The summed E-state index contributed by atoms with van der Waals surface area (Å²) in [5.41, 5.74) is 6.06. The molecule has 3 aliphatic rings. The van der Waals surface area contributed by atoms with Crippen LogP contribution >= 0.6 is 23.2 Å². The molecule has 3 fully saturated rings. The highest BCUT2D eigenvalue weighted by Gasteiger charge is 2.51. The number of halogens is 2. The normalized spacial score (nSPS) is 23.1. The van der Waals surface area contributed by atoms with E-state index in [9.17, 15) is 4.79 Å². The molecule has 0 bridgehead atoms. The van der Waals surface area contributed by atoms with Crippen LogP contribution in [0.25, 0.3) is 0 Å². The van der Waals surface area contributed by atoms with Crippen LogP contribution in [0.15, 0.2) is 54.6 Å². The van der Waals surface area contributed by atoms with Gasteiger partial charge in [0.25, 0.3) is 0 Å². The lowest BCUT2D eigenvalue weighted by Crippen LogP contribution is -2.41. The number of nitrogens with zero attached hydrogens (tertiary/aromatic N) is 1. The lowest BCUT2D eigenvalue weighted by atomic mass is 9.83. The molecule has 3 aromatic carbocycles. The van der Waals surface area contributed by atoms with Crippen LogP contribution < -0.4 is 14.8 Å². The first-order valence-corrected chi connectivity index (χ1v) is 15.9. The Morgan fingerprint density at radius 1 is 0.952 bits per heavy atom. The number of fused-ring (bicyclic) bond motifs is 1. The van der Waals surface area contributed by atoms with Crippen LogP contribution in [0.3, 0.4) is 0 Å². The Balaban J connectivity index is 1.13. The Kier molecular flexibility index (Phi) is 8.72. The first-order chi connectivity index (χ1) is 20.3. The number of aryl methyl sites for hydroxylation is 2. The maximum Gasteiger partial charge on any atom is 0.227 e. The van der Waals surface area contributed by atoms with Gasteiger partial charge in [0.15, 0.2) is 5.75 Å². The van der Waals surface area contributed by atoms with Crippen molar-refractivity contribution in [3.05, 3.63) is 92.5 Å². The van der Waals surface area contributed by atoms with E-state index in [2.05, 4.69) is 54.4 Å². The molecule has 222 valence electrons. The molecular weight excluding hydrogens is 567 g/mol. The van der Waals surface area contributed by atoms with Crippen molar-refractivity contribution in [1.82, 2.24) is 10.2 Å². The molecule has 2 aliphatic carbocycles. The van der Waals surface area contributed by atoms with E-state index in [0.29, 0.717) is 59.3 Å². The summed E-state index contributed by atoms with van der Waals surface area (Å²) in [5, 5.41) is 4.57. The maximum absolute atomic E-state index is 14.4. The smallest absolute Gasteiger partial charge is 0.227 e. The molecule has 5 nitrogen and oxygen atoms in total. The fraction of sp³-hybridized carbons (Fsp3) is 0.457. The van der Waals surface area contributed by atoms with Gasteiger partial charge in [-0.2, -0.15) is 0 Å². The standard InChI is InChI=1S/C35H40Cl2N2O3/c1-21-15-31(36)34(32(37)16-21)42-14-13-41-28-11-7-24(8-12-28)29-17-26-18-38-19-30(26)33(29)35(40)39(27-9-10-27)20-25-6-4-5-22(2)23(25)3/h4-8,11-12,15-16,26-27,29-30,33,38H,9-10,13-14,17-20H2,1-3H3/t26-,29+,30+,33-/m0/s1. The molecule has 4 atom stereocenters. The molecule has 42 heavy (non-hydrogen) atoms. The highest BCUT2D eigenvalue weighted by molar-refractivity contribution is 6.37. The average molecular weight is 608 g/mol. The number of ether oxygens (including phenoxy) is 2. The molecule has 0 aromatic heterocycles. The molecule has 1 aliphatic heterocycles. The van der Waals surface area contributed by atoms with Crippen molar-refractivity contribution in [2.24, 2.45) is 17.8 Å². The zero-order valence-electron chi connectivity index (χ0n) is 24.7. The van der Waals surface area contributed by atoms with Crippen LogP contribution in [0.4, 0.5) is 0 Å². The highest BCUT2D eigenvalue weighted by atomic mass is 35.5. The molecule has 7 heteroatoms. The Labute approximate surface area is 259 Å². The molecule has 1 N–H and O–H groups in total. The largest absolute Gasteiger partial charge is 0.490 e. The average Bonchev–Trinajstić information content (AvgIpc) is 3.59. The zero-order chi connectivity index (χ0) is 29.4. The number of hydrogen-bond donors (Lipinski definition) is 1. The Morgan fingerprint density at radius 2 is 1.67 bits per heavy atom. The minimum Gasteiger partial charge on any atom is -0.490 e. The first kappa shape index (κ1) is 29.3. The van der Waals surface area contributed by atoms with Crippen LogP contribution in [0.1, 0.15) is 53.0 Å². The van der Waals surface area contributed by atoms with Crippen molar-refractivity contribution in [1.29, 1.82) is 0 Å². The second-order valence-corrected chi connectivity index (χ2v) is 13.1. The van der Waals surface area contributed by atoms with E-state index in [-0.39, 0.29) is 11.8 Å². The predicted octanol–water partition coefficient (Wildman–Crippen LogP) is 7.51. The van der Waals surface area contributed by atoms with E-state index in [4.69, 9.17) is 32.7 Å². The van der Waals surface area contributed by atoms with Gasteiger partial charge in [0, 0.05) is 18.5 Å². The van der Waals surface area contributed by atoms with E-state index in [0.717, 1.165) is 43.7 Å². The van der Waals surface area contributed by atoms with E-state index >= 15 is 0 Å². The fourth-order valence-electron chi connectivity index (χ4n) is 6.97. The van der Waals surface area contributed by atoms with Crippen molar-refractivity contribution < 1.29 is 14.3 Å². The lowest BCUT2D eigenvalue weighted by molar-refractivity contribution is -0.138. The van der Waals surface area contributed by atoms with E-state index < -0.39 is 0 Å².